The highest BCUT2D eigenvalue weighted by Crippen LogP contribution is 2.16. The van der Waals surface area contributed by atoms with Gasteiger partial charge >= 0.3 is 0 Å². The van der Waals surface area contributed by atoms with Gasteiger partial charge in [-0.3, -0.25) is 9.69 Å². The van der Waals surface area contributed by atoms with Gasteiger partial charge in [0.1, 0.15) is 5.82 Å². The van der Waals surface area contributed by atoms with Crippen LogP contribution >= 0.6 is 11.6 Å². The van der Waals surface area contributed by atoms with Crippen molar-refractivity contribution in [2.45, 2.75) is 25.4 Å². The molecule has 0 radical (unpaired) electrons. The SMILES string of the molecule is O=C(NC1CCN(Cc2ccc(Cl)cc2)CC1)c1ccn(-c2ccc(F)cc2)n1. The number of aromatic nitrogens is 2. The molecule has 2 aromatic carbocycles. The second kappa shape index (κ2) is 8.76. The summed E-state index contributed by atoms with van der Waals surface area (Å²) in [5.74, 6) is -0.483. The highest BCUT2D eigenvalue weighted by Gasteiger charge is 2.22. The third-order valence-electron chi connectivity index (χ3n) is 5.16. The predicted molar refractivity (Wildman–Crippen MR) is 111 cm³/mol. The zero-order valence-electron chi connectivity index (χ0n) is 15.9. The standard InChI is InChI=1S/C22H22ClFN4O/c23-17-3-1-16(2-4-17)15-27-12-9-19(10-13-27)25-22(29)21-11-14-28(26-21)20-7-5-18(24)6-8-20/h1-8,11,14,19H,9-10,12-13,15H2,(H,25,29). The van der Waals surface area contributed by atoms with E-state index in [-0.39, 0.29) is 17.8 Å². The number of nitrogens with one attached hydrogen (secondary N) is 1. The molecule has 29 heavy (non-hydrogen) atoms. The largest absolute Gasteiger partial charge is 0.348 e. The first-order chi connectivity index (χ1) is 14.1. The minimum absolute atomic E-state index is 0.139. The van der Waals surface area contributed by atoms with Gasteiger partial charge in [0.15, 0.2) is 5.69 Å². The first-order valence-electron chi connectivity index (χ1n) is 9.66. The van der Waals surface area contributed by atoms with E-state index in [1.54, 1.807) is 29.1 Å². The molecule has 7 heteroatoms. The number of likely N-dealkylation sites (tertiary alicyclic amines) is 1. The molecule has 1 amide bonds. The van der Waals surface area contributed by atoms with Crippen molar-refractivity contribution in [3.63, 3.8) is 0 Å². The van der Waals surface area contributed by atoms with Crippen LogP contribution < -0.4 is 5.32 Å². The Hall–Kier alpha value is -2.70. The van der Waals surface area contributed by atoms with Gasteiger partial charge in [-0.05, 0) is 60.9 Å². The van der Waals surface area contributed by atoms with E-state index in [2.05, 4.69) is 15.3 Å². The molecule has 0 aliphatic carbocycles. The van der Waals surface area contributed by atoms with Crippen LogP contribution in [0.5, 0.6) is 0 Å². The zero-order chi connectivity index (χ0) is 20.2. The molecular weight excluding hydrogens is 391 g/mol. The van der Waals surface area contributed by atoms with Gasteiger partial charge in [0.25, 0.3) is 5.91 Å². The van der Waals surface area contributed by atoms with E-state index in [9.17, 15) is 9.18 Å². The summed E-state index contributed by atoms with van der Waals surface area (Å²) < 4.78 is 14.6. The zero-order valence-corrected chi connectivity index (χ0v) is 16.6. The Morgan fingerprint density at radius 3 is 2.45 bits per heavy atom. The fraction of sp³-hybridized carbons (Fsp3) is 0.273. The Morgan fingerprint density at radius 1 is 1.07 bits per heavy atom. The Balaban J connectivity index is 1.28. The summed E-state index contributed by atoms with van der Waals surface area (Å²) in [4.78, 5) is 14.9. The van der Waals surface area contributed by atoms with E-state index in [4.69, 9.17) is 11.6 Å². The van der Waals surface area contributed by atoms with Gasteiger partial charge in [-0.2, -0.15) is 5.10 Å². The minimum Gasteiger partial charge on any atom is -0.348 e. The number of amides is 1. The van der Waals surface area contributed by atoms with Crippen molar-refractivity contribution >= 4 is 17.5 Å². The van der Waals surface area contributed by atoms with Crippen molar-refractivity contribution in [1.29, 1.82) is 0 Å². The molecule has 1 aromatic heterocycles. The lowest BCUT2D eigenvalue weighted by Crippen LogP contribution is -2.44. The average Bonchev–Trinajstić information content (AvgIpc) is 3.22. The maximum atomic E-state index is 13.1. The molecule has 150 valence electrons. The van der Waals surface area contributed by atoms with Crippen LogP contribution in [-0.4, -0.2) is 39.7 Å². The average molecular weight is 413 g/mol. The summed E-state index contributed by atoms with van der Waals surface area (Å²) in [7, 11) is 0. The van der Waals surface area contributed by atoms with Crippen LogP contribution in [0.25, 0.3) is 5.69 Å². The second-order valence-electron chi connectivity index (χ2n) is 7.27. The van der Waals surface area contributed by atoms with Gasteiger partial charge < -0.3 is 5.32 Å². The molecule has 1 aliphatic rings. The highest BCUT2D eigenvalue weighted by molar-refractivity contribution is 6.30. The fourth-order valence-corrected chi connectivity index (χ4v) is 3.65. The van der Waals surface area contributed by atoms with Crippen molar-refractivity contribution < 1.29 is 9.18 Å². The van der Waals surface area contributed by atoms with Crippen molar-refractivity contribution in [2.75, 3.05) is 13.1 Å². The third-order valence-corrected chi connectivity index (χ3v) is 5.41. The van der Waals surface area contributed by atoms with E-state index >= 15 is 0 Å². The number of nitrogens with zero attached hydrogens (tertiary/aromatic N) is 3. The van der Waals surface area contributed by atoms with Crippen LogP contribution in [0.15, 0.2) is 60.8 Å². The maximum absolute atomic E-state index is 13.1. The molecule has 2 heterocycles. The summed E-state index contributed by atoms with van der Waals surface area (Å²) in [5.41, 5.74) is 2.31. The molecular formula is C22H22ClFN4O. The minimum atomic E-state index is -0.304. The molecule has 4 rings (SSSR count). The van der Waals surface area contributed by atoms with Gasteiger partial charge in [-0.25, -0.2) is 9.07 Å². The van der Waals surface area contributed by atoms with E-state index in [1.807, 2.05) is 24.3 Å². The Morgan fingerprint density at radius 2 is 1.76 bits per heavy atom. The lowest BCUT2D eigenvalue weighted by molar-refractivity contribution is 0.0903. The quantitative estimate of drug-likeness (QED) is 0.687. The molecule has 3 aromatic rings. The fourth-order valence-electron chi connectivity index (χ4n) is 3.53. The number of carbonyl (C=O) groups excluding carboxylic acids is 1. The van der Waals surface area contributed by atoms with Gasteiger partial charge in [0, 0.05) is 36.9 Å². The van der Waals surface area contributed by atoms with Gasteiger partial charge in [-0.15, -0.1) is 0 Å². The van der Waals surface area contributed by atoms with Gasteiger partial charge in [-0.1, -0.05) is 23.7 Å². The molecule has 1 saturated heterocycles. The first kappa shape index (κ1) is 19.6. The van der Waals surface area contributed by atoms with Crippen molar-refractivity contribution in [1.82, 2.24) is 20.0 Å². The summed E-state index contributed by atoms with van der Waals surface area (Å²) in [6.45, 7) is 2.75. The number of halogens is 2. The molecule has 0 unspecified atom stereocenters. The third kappa shape index (κ3) is 5.02. The van der Waals surface area contributed by atoms with Crippen LogP contribution in [0, 0.1) is 5.82 Å². The maximum Gasteiger partial charge on any atom is 0.272 e. The molecule has 0 atom stereocenters. The van der Waals surface area contributed by atoms with Gasteiger partial charge in [0.2, 0.25) is 0 Å². The van der Waals surface area contributed by atoms with E-state index in [0.29, 0.717) is 11.4 Å². The highest BCUT2D eigenvalue weighted by atomic mass is 35.5. The number of hydrogen-bond acceptors (Lipinski definition) is 3. The van der Waals surface area contributed by atoms with Crippen molar-refractivity contribution in [2.24, 2.45) is 0 Å². The van der Waals surface area contributed by atoms with Crippen LogP contribution in [-0.2, 0) is 6.54 Å². The van der Waals surface area contributed by atoms with E-state index in [1.165, 1.54) is 17.7 Å². The molecule has 0 spiro atoms. The van der Waals surface area contributed by atoms with Crippen LogP contribution in [0.1, 0.15) is 28.9 Å². The molecule has 1 aliphatic heterocycles. The molecule has 1 fully saturated rings. The van der Waals surface area contributed by atoms with Crippen molar-refractivity contribution in [3.05, 3.63) is 82.9 Å². The lowest BCUT2D eigenvalue weighted by atomic mass is 10.0. The molecule has 5 nitrogen and oxygen atoms in total. The molecule has 0 bridgehead atoms. The topological polar surface area (TPSA) is 50.2 Å². The Kier molecular flexibility index (Phi) is 5.92. The summed E-state index contributed by atoms with van der Waals surface area (Å²) >= 11 is 5.94. The van der Waals surface area contributed by atoms with Crippen LogP contribution in [0.3, 0.4) is 0 Å². The van der Waals surface area contributed by atoms with E-state index in [0.717, 1.165) is 37.5 Å². The summed E-state index contributed by atoms with van der Waals surface area (Å²) in [6, 6.07) is 15.7. The van der Waals surface area contributed by atoms with Crippen LogP contribution in [0.2, 0.25) is 5.02 Å². The monoisotopic (exact) mass is 412 g/mol. The number of benzene rings is 2. The predicted octanol–water partition coefficient (Wildman–Crippen LogP) is 4.06. The first-order valence-corrected chi connectivity index (χ1v) is 10.0. The molecule has 0 saturated carbocycles. The van der Waals surface area contributed by atoms with E-state index < -0.39 is 0 Å². The number of piperidine rings is 1. The summed E-state index contributed by atoms with van der Waals surface area (Å²) in [5, 5.41) is 8.14. The van der Waals surface area contributed by atoms with Crippen molar-refractivity contribution in [3.8, 4) is 5.69 Å². The number of rotatable bonds is 5. The van der Waals surface area contributed by atoms with Gasteiger partial charge in [0.05, 0.1) is 5.69 Å². The smallest absolute Gasteiger partial charge is 0.272 e. The Labute approximate surface area is 174 Å². The lowest BCUT2D eigenvalue weighted by Gasteiger charge is -2.32. The summed E-state index contributed by atoms with van der Waals surface area (Å²) in [6.07, 6.45) is 3.51. The normalized spacial score (nSPS) is 15.4. The number of carbonyl (C=O) groups is 1. The second-order valence-corrected chi connectivity index (χ2v) is 7.71. The van der Waals surface area contributed by atoms with Crippen LogP contribution in [0.4, 0.5) is 4.39 Å². The molecule has 1 N–H and O–H groups in total. The Bertz CT molecular complexity index is 963. The number of hydrogen-bond donors (Lipinski definition) is 1.